The van der Waals surface area contributed by atoms with Gasteiger partial charge in [-0.1, -0.05) is 0 Å². The molecular weight excluding hydrogens is 312 g/mol. The van der Waals surface area contributed by atoms with Gasteiger partial charge in [0.25, 0.3) is 0 Å². The lowest BCUT2D eigenvalue weighted by molar-refractivity contribution is 0.00807. The van der Waals surface area contributed by atoms with Gasteiger partial charge in [0.2, 0.25) is 5.76 Å². The van der Waals surface area contributed by atoms with Crippen molar-refractivity contribution in [1.82, 2.24) is 9.88 Å². The Morgan fingerprint density at radius 1 is 1.33 bits per heavy atom. The number of aryl methyl sites for hydroxylation is 1. The molecule has 24 heavy (non-hydrogen) atoms. The molecule has 128 valence electrons. The average molecular weight is 332 g/mol. The molecule has 2 aromatic rings. The van der Waals surface area contributed by atoms with Crippen molar-refractivity contribution in [1.29, 1.82) is 0 Å². The lowest BCUT2D eigenvalue weighted by atomic mass is 10.1. The van der Waals surface area contributed by atoms with Gasteiger partial charge >= 0.3 is 12.1 Å². The molecule has 3 heterocycles. The van der Waals surface area contributed by atoms with Gasteiger partial charge in [0.1, 0.15) is 11.6 Å². The first kappa shape index (κ1) is 16.3. The molecule has 1 saturated heterocycles. The highest BCUT2D eigenvalue weighted by Crippen LogP contribution is 2.21. The molecule has 0 radical (unpaired) electrons. The third-order valence-electron chi connectivity index (χ3n) is 3.96. The van der Waals surface area contributed by atoms with E-state index in [1.165, 1.54) is 0 Å². The number of esters is 1. The van der Waals surface area contributed by atoms with Gasteiger partial charge in [0.15, 0.2) is 5.58 Å². The van der Waals surface area contributed by atoms with Crippen LogP contribution < -0.4 is 0 Å². The van der Waals surface area contributed by atoms with Crippen LogP contribution >= 0.6 is 0 Å². The predicted octanol–water partition coefficient (Wildman–Crippen LogP) is 2.91. The fourth-order valence-electron chi connectivity index (χ4n) is 2.71. The summed E-state index contributed by atoms with van der Waals surface area (Å²) in [6, 6.07) is 5.21. The Balaban J connectivity index is 1.58. The highest BCUT2D eigenvalue weighted by Gasteiger charge is 2.27. The molecule has 7 nitrogen and oxygen atoms in total. The van der Waals surface area contributed by atoms with Crippen molar-refractivity contribution in [3.05, 3.63) is 29.7 Å². The number of carbonyl (C=O) groups excluding carboxylic acids is 2. The van der Waals surface area contributed by atoms with Crippen LogP contribution in [0.15, 0.2) is 22.6 Å². The van der Waals surface area contributed by atoms with Gasteiger partial charge in [0, 0.05) is 37.7 Å². The molecule has 1 amide bonds. The predicted molar refractivity (Wildman–Crippen MR) is 85.8 cm³/mol. The van der Waals surface area contributed by atoms with Crippen molar-refractivity contribution >= 4 is 23.2 Å². The molecule has 7 heteroatoms. The highest BCUT2D eigenvalue weighted by atomic mass is 16.6. The summed E-state index contributed by atoms with van der Waals surface area (Å²) in [7, 11) is 0. The molecule has 0 saturated carbocycles. The molecule has 0 N–H and O–H groups in total. The Bertz CT molecular complexity index is 747. The second kappa shape index (κ2) is 6.90. The Morgan fingerprint density at radius 3 is 2.79 bits per heavy atom. The Labute approximate surface area is 139 Å². The van der Waals surface area contributed by atoms with Crippen LogP contribution in [0, 0.1) is 6.92 Å². The van der Waals surface area contributed by atoms with Gasteiger partial charge in [0.05, 0.1) is 6.61 Å². The summed E-state index contributed by atoms with van der Waals surface area (Å²) in [4.78, 5) is 29.8. The van der Waals surface area contributed by atoms with Crippen LogP contribution in [0.2, 0.25) is 0 Å². The Hall–Kier alpha value is -2.57. The zero-order chi connectivity index (χ0) is 17.1. The quantitative estimate of drug-likeness (QED) is 0.804. The number of amides is 1. The largest absolute Gasteiger partial charge is 0.456 e. The minimum atomic E-state index is -0.500. The third kappa shape index (κ3) is 3.50. The molecular formula is C17H20N2O5. The average Bonchev–Trinajstić information content (AvgIpc) is 2.99. The van der Waals surface area contributed by atoms with Crippen LogP contribution in [-0.4, -0.2) is 47.7 Å². The SMILES string of the molecule is CCOC(=O)N1CCC(OC(=O)c2cc3nc(C)ccc3o2)CC1. The zero-order valence-electron chi connectivity index (χ0n) is 13.8. The molecule has 2 aromatic heterocycles. The van der Waals surface area contributed by atoms with Crippen molar-refractivity contribution in [3.63, 3.8) is 0 Å². The Kier molecular flexibility index (Phi) is 4.69. The lowest BCUT2D eigenvalue weighted by Crippen LogP contribution is -2.41. The van der Waals surface area contributed by atoms with Crippen molar-refractivity contribution < 1.29 is 23.5 Å². The van der Waals surface area contributed by atoms with E-state index in [4.69, 9.17) is 13.9 Å². The molecule has 0 bridgehead atoms. The van der Waals surface area contributed by atoms with E-state index in [9.17, 15) is 9.59 Å². The van der Waals surface area contributed by atoms with E-state index in [1.807, 2.05) is 13.0 Å². The zero-order valence-corrected chi connectivity index (χ0v) is 13.8. The summed E-state index contributed by atoms with van der Waals surface area (Å²) in [6.45, 7) is 5.03. The third-order valence-corrected chi connectivity index (χ3v) is 3.96. The maximum atomic E-state index is 12.2. The number of likely N-dealkylation sites (tertiary alicyclic amines) is 1. The molecule has 0 aliphatic carbocycles. The topological polar surface area (TPSA) is 81.9 Å². The molecule has 3 rings (SSSR count). The van der Waals surface area contributed by atoms with Gasteiger partial charge in [-0.3, -0.25) is 0 Å². The molecule has 1 aliphatic heterocycles. The smallest absolute Gasteiger partial charge is 0.409 e. The summed E-state index contributed by atoms with van der Waals surface area (Å²) >= 11 is 0. The number of carbonyl (C=O) groups is 2. The van der Waals surface area contributed by atoms with Crippen LogP contribution in [0.25, 0.3) is 11.1 Å². The standard InChI is InChI=1S/C17H20N2O5/c1-3-22-17(21)19-8-6-12(7-9-19)23-16(20)15-10-13-14(24-15)5-4-11(2)18-13/h4-5,10,12H,3,6-9H2,1-2H3. The number of hydrogen-bond acceptors (Lipinski definition) is 6. The molecule has 0 aromatic carbocycles. The van der Waals surface area contributed by atoms with Crippen LogP contribution in [-0.2, 0) is 9.47 Å². The van der Waals surface area contributed by atoms with E-state index in [-0.39, 0.29) is 18.0 Å². The molecule has 0 atom stereocenters. The number of piperidine rings is 1. The number of fused-ring (bicyclic) bond motifs is 1. The summed E-state index contributed by atoms with van der Waals surface area (Å²) in [5.74, 6) is -0.351. The minimum absolute atomic E-state index is 0.149. The summed E-state index contributed by atoms with van der Waals surface area (Å²) < 4.78 is 15.9. The van der Waals surface area contributed by atoms with Gasteiger partial charge in [-0.25, -0.2) is 14.6 Å². The van der Waals surface area contributed by atoms with Gasteiger partial charge < -0.3 is 18.8 Å². The van der Waals surface area contributed by atoms with E-state index >= 15 is 0 Å². The number of aromatic nitrogens is 1. The number of rotatable bonds is 3. The number of nitrogens with zero attached hydrogens (tertiary/aromatic N) is 2. The maximum absolute atomic E-state index is 12.2. The summed E-state index contributed by atoms with van der Waals surface area (Å²) in [5, 5.41) is 0. The van der Waals surface area contributed by atoms with Crippen molar-refractivity contribution in [2.75, 3.05) is 19.7 Å². The fraction of sp³-hybridized carbons (Fsp3) is 0.471. The normalized spacial score (nSPS) is 15.5. The molecule has 1 fully saturated rings. The number of pyridine rings is 1. The number of hydrogen-bond donors (Lipinski definition) is 0. The van der Waals surface area contributed by atoms with E-state index < -0.39 is 5.97 Å². The number of ether oxygens (including phenoxy) is 2. The van der Waals surface area contributed by atoms with Crippen LogP contribution in [0.1, 0.15) is 36.0 Å². The van der Waals surface area contributed by atoms with Crippen LogP contribution in [0.3, 0.4) is 0 Å². The van der Waals surface area contributed by atoms with E-state index in [0.29, 0.717) is 43.6 Å². The van der Waals surface area contributed by atoms with E-state index in [0.717, 1.165) is 5.69 Å². The van der Waals surface area contributed by atoms with E-state index in [1.54, 1.807) is 24.0 Å². The molecule has 0 spiro atoms. The van der Waals surface area contributed by atoms with E-state index in [2.05, 4.69) is 4.98 Å². The Morgan fingerprint density at radius 2 is 2.08 bits per heavy atom. The van der Waals surface area contributed by atoms with Crippen LogP contribution in [0.5, 0.6) is 0 Å². The van der Waals surface area contributed by atoms with Gasteiger partial charge in [-0.05, 0) is 26.0 Å². The molecule has 0 unspecified atom stereocenters. The van der Waals surface area contributed by atoms with Crippen molar-refractivity contribution in [2.24, 2.45) is 0 Å². The van der Waals surface area contributed by atoms with Crippen LogP contribution in [0.4, 0.5) is 4.79 Å². The second-order valence-corrected chi connectivity index (χ2v) is 5.74. The second-order valence-electron chi connectivity index (χ2n) is 5.74. The lowest BCUT2D eigenvalue weighted by Gasteiger charge is -2.30. The first-order chi connectivity index (χ1) is 11.6. The van der Waals surface area contributed by atoms with Crippen molar-refractivity contribution in [3.8, 4) is 0 Å². The first-order valence-electron chi connectivity index (χ1n) is 8.06. The first-order valence-corrected chi connectivity index (χ1v) is 8.06. The summed E-state index contributed by atoms with van der Waals surface area (Å²) in [5.41, 5.74) is 2.05. The minimum Gasteiger partial charge on any atom is -0.456 e. The number of furan rings is 1. The summed E-state index contributed by atoms with van der Waals surface area (Å²) in [6.07, 6.45) is 0.622. The fourth-order valence-corrected chi connectivity index (χ4v) is 2.71. The van der Waals surface area contributed by atoms with Gasteiger partial charge in [-0.15, -0.1) is 0 Å². The van der Waals surface area contributed by atoms with Gasteiger partial charge in [-0.2, -0.15) is 0 Å². The molecule has 1 aliphatic rings. The van der Waals surface area contributed by atoms with Crippen molar-refractivity contribution in [2.45, 2.75) is 32.8 Å². The highest BCUT2D eigenvalue weighted by molar-refractivity contribution is 5.91. The maximum Gasteiger partial charge on any atom is 0.409 e. The monoisotopic (exact) mass is 332 g/mol.